The number of methoxy groups -OCH3 is 1. The summed E-state index contributed by atoms with van der Waals surface area (Å²) in [5.41, 5.74) is 4.06. The average molecular weight is 292 g/mol. The highest BCUT2D eigenvalue weighted by atomic mass is 16.5. The molecule has 21 heavy (non-hydrogen) atoms. The van der Waals surface area contributed by atoms with E-state index in [9.17, 15) is 0 Å². The third kappa shape index (κ3) is 5.33. The summed E-state index contributed by atoms with van der Waals surface area (Å²) >= 11 is 0. The maximum absolute atomic E-state index is 5.30. The minimum atomic E-state index is 0.582. The molecule has 1 aromatic carbocycles. The molecule has 0 aliphatic carbocycles. The molecule has 0 saturated heterocycles. The van der Waals surface area contributed by atoms with Gasteiger partial charge in [0.15, 0.2) is 0 Å². The van der Waals surface area contributed by atoms with E-state index >= 15 is 0 Å². The number of nitrogens with one attached hydrogen (secondary N) is 1. The van der Waals surface area contributed by atoms with Crippen molar-refractivity contribution >= 4 is 5.69 Å². The molecule has 1 N–H and O–H groups in total. The van der Waals surface area contributed by atoms with Gasteiger partial charge in [-0.1, -0.05) is 32.9 Å². The molecule has 120 valence electrons. The van der Waals surface area contributed by atoms with Crippen LogP contribution in [0.15, 0.2) is 18.2 Å². The van der Waals surface area contributed by atoms with E-state index in [0.29, 0.717) is 6.04 Å². The minimum Gasteiger partial charge on any atom is -0.383 e. The number of hydrogen-bond donors (Lipinski definition) is 1. The summed E-state index contributed by atoms with van der Waals surface area (Å²) in [6.07, 6.45) is 2.33. The van der Waals surface area contributed by atoms with Gasteiger partial charge in [-0.2, -0.15) is 0 Å². The summed E-state index contributed by atoms with van der Waals surface area (Å²) in [7, 11) is 1.78. The second-order valence-electron chi connectivity index (χ2n) is 5.56. The molecule has 3 nitrogen and oxygen atoms in total. The van der Waals surface area contributed by atoms with E-state index in [-0.39, 0.29) is 0 Å². The molecule has 0 aliphatic rings. The topological polar surface area (TPSA) is 24.5 Å². The SMILES string of the molecule is CCNCc1ccc(N(CCOC)C(CC)CC)c(C)c1. The maximum atomic E-state index is 5.30. The summed E-state index contributed by atoms with van der Waals surface area (Å²) in [5.74, 6) is 0. The predicted molar refractivity (Wildman–Crippen MR) is 92.2 cm³/mol. The summed E-state index contributed by atoms with van der Waals surface area (Å²) in [4.78, 5) is 2.51. The van der Waals surface area contributed by atoms with Crippen LogP contribution < -0.4 is 10.2 Å². The van der Waals surface area contributed by atoms with Gasteiger partial charge in [0, 0.05) is 31.9 Å². The zero-order valence-electron chi connectivity index (χ0n) is 14.4. The molecule has 1 aromatic rings. The number of hydrogen-bond acceptors (Lipinski definition) is 3. The third-order valence-electron chi connectivity index (χ3n) is 4.07. The number of anilines is 1. The molecule has 0 unspecified atom stereocenters. The highest BCUT2D eigenvalue weighted by Crippen LogP contribution is 2.25. The Morgan fingerprint density at radius 2 is 1.90 bits per heavy atom. The van der Waals surface area contributed by atoms with E-state index in [1.165, 1.54) is 29.7 Å². The Morgan fingerprint density at radius 1 is 1.19 bits per heavy atom. The van der Waals surface area contributed by atoms with Gasteiger partial charge in [-0.3, -0.25) is 0 Å². The van der Waals surface area contributed by atoms with Crippen molar-refractivity contribution in [2.24, 2.45) is 0 Å². The molecule has 0 atom stereocenters. The Bertz CT molecular complexity index is 402. The lowest BCUT2D eigenvalue weighted by Crippen LogP contribution is -2.37. The molecule has 3 heteroatoms. The molecule has 0 heterocycles. The van der Waals surface area contributed by atoms with Crippen molar-refractivity contribution < 1.29 is 4.74 Å². The molecule has 0 fully saturated rings. The van der Waals surface area contributed by atoms with Crippen LogP contribution in [-0.2, 0) is 11.3 Å². The highest BCUT2D eigenvalue weighted by Gasteiger charge is 2.17. The van der Waals surface area contributed by atoms with Gasteiger partial charge < -0.3 is 15.0 Å². The van der Waals surface area contributed by atoms with Crippen LogP contribution in [0.25, 0.3) is 0 Å². The lowest BCUT2D eigenvalue weighted by molar-refractivity contribution is 0.202. The molecular weight excluding hydrogens is 260 g/mol. The second-order valence-corrected chi connectivity index (χ2v) is 5.56. The van der Waals surface area contributed by atoms with Crippen LogP contribution in [0.4, 0.5) is 5.69 Å². The van der Waals surface area contributed by atoms with Crippen molar-refractivity contribution in [1.29, 1.82) is 0 Å². The van der Waals surface area contributed by atoms with Gasteiger partial charge >= 0.3 is 0 Å². The molecule has 0 amide bonds. The van der Waals surface area contributed by atoms with Crippen LogP contribution in [0.5, 0.6) is 0 Å². The lowest BCUT2D eigenvalue weighted by Gasteiger charge is -2.34. The first-order valence-electron chi connectivity index (χ1n) is 8.23. The Balaban J connectivity index is 2.95. The van der Waals surface area contributed by atoms with E-state index in [0.717, 1.165) is 26.2 Å². The second kappa shape index (κ2) is 9.80. The monoisotopic (exact) mass is 292 g/mol. The fourth-order valence-corrected chi connectivity index (χ4v) is 2.84. The summed E-state index contributed by atoms with van der Waals surface area (Å²) < 4.78 is 5.30. The van der Waals surface area contributed by atoms with Crippen molar-refractivity contribution in [3.05, 3.63) is 29.3 Å². The van der Waals surface area contributed by atoms with Crippen molar-refractivity contribution in [1.82, 2.24) is 5.32 Å². The standard InChI is InChI=1S/C18H32N2O/c1-6-17(7-2)20(11-12-21-5)18-10-9-16(13-15(18)4)14-19-8-3/h9-10,13,17,19H,6-8,11-12,14H2,1-5H3. The normalized spacial score (nSPS) is 11.1. The number of aryl methyl sites for hydroxylation is 1. The van der Waals surface area contributed by atoms with E-state index in [2.05, 4.69) is 56.1 Å². The quantitative estimate of drug-likeness (QED) is 0.711. The molecule has 0 saturated carbocycles. The predicted octanol–water partition coefficient (Wildman–Crippen LogP) is 3.75. The molecule has 0 spiro atoms. The van der Waals surface area contributed by atoms with E-state index in [1.807, 2.05) is 0 Å². The van der Waals surface area contributed by atoms with Crippen molar-refractivity contribution in [2.75, 3.05) is 31.7 Å². The zero-order valence-corrected chi connectivity index (χ0v) is 14.4. The van der Waals surface area contributed by atoms with Crippen LogP contribution in [0.1, 0.15) is 44.7 Å². The van der Waals surface area contributed by atoms with E-state index < -0.39 is 0 Å². The van der Waals surface area contributed by atoms with E-state index in [1.54, 1.807) is 7.11 Å². The first kappa shape index (κ1) is 18.0. The summed E-state index contributed by atoms with van der Waals surface area (Å²) in [6.45, 7) is 12.6. The van der Waals surface area contributed by atoms with Gasteiger partial charge in [-0.15, -0.1) is 0 Å². The van der Waals surface area contributed by atoms with Crippen LogP contribution >= 0.6 is 0 Å². The van der Waals surface area contributed by atoms with Crippen LogP contribution in [0.2, 0.25) is 0 Å². The highest BCUT2D eigenvalue weighted by molar-refractivity contribution is 5.55. The molecule has 0 aromatic heterocycles. The van der Waals surface area contributed by atoms with Crippen LogP contribution in [0.3, 0.4) is 0 Å². The van der Waals surface area contributed by atoms with Gasteiger partial charge in [-0.05, 0) is 43.5 Å². The summed E-state index contributed by atoms with van der Waals surface area (Å²) in [5, 5.41) is 3.39. The number of rotatable bonds is 10. The molecule has 1 rings (SSSR count). The Kier molecular flexibility index (Phi) is 8.40. The molecule has 0 bridgehead atoms. The molecule has 0 radical (unpaired) electrons. The van der Waals surface area contributed by atoms with Crippen LogP contribution in [0, 0.1) is 6.92 Å². The van der Waals surface area contributed by atoms with Gasteiger partial charge in [0.2, 0.25) is 0 Å². The molecule has 0 aliphatic heterocycles. The van der Waals surface area contributed by atoms with Crippen LogP contribution in [-0.4, -0.2) is 32.8 Å². The van der Waals surface area contributed by atoms with E-state index in [4.69, 9.17) is 4.74 Å². The summed E-state index contributed by atoms with van der Waals surface area (Å²) in [6, 6.07) is 7.40. The number of ether oxygens (including phenoxy) is 1. The van der Waals surface area contributed by atoms with Crippen molar-refractivity contribution in [3.63, 3.8) is 0 Å². The fourth-order valence-electron chi connectivity index (χ4n) is 2.84. The smallest absolute Gasteiger partial charge is 0.0637 e. The minimum absolute atomic E-state index is 0.582. The first-order chi connectivity index (χ1) is 10.2. The van der Waals surface area contributed by atoms with Gasteiger partial charge in [0.05, 0.1) is 6.61 Å². The Labute approximate surface area is 130 Å². The van der Waals surface area contributed by atoms with Gasteiger partial charge in [-0.25, -0.2) is 0 Å². The molecular formula is C18H32N2O. The fraction of sp³-hybridized carbons (Fsp3) is 0.667. The zero-order chi connectivity index (χ0) is 15.7. The average Bonchev–Trinajstić information content (AvgIpc) is 2.50. The number of nitrogens with zero attached hydrogens (tertiary/aromatic N) is 1. The largest absolute Gasteiger partial charge is 0.383 e. The Morgan fingerprint density at radius 3 is 2.43 bits per heavy atom. The van der Waals surface area contributed by atoms with Gasteiger partial charge in [0.25, 0.3) is 0 Å². The van der Waals surface area contributed by atoms with Gasteiger partial charge in [0.1, 0.15) is 0 Å². The number of benzene rings is 1. The van der Waals surface area contributed by atoms with Crippen molar-refractivity contribution in [2.45, 2.75) is 53.1 Å². The maximum Gasteiger partial charge on any atom is 0.0637 e. The lowest BCUT2D eigenvalue weighted by atomic mass is 10.0. The first-order valence-corrected chi connectivity index (χ1v) is 8.23. The third-order valence-corrected chi connectivity index (χ3v) is 4.07. The Hall–Kier alpha value is -1.06. The van der Waals surface area contributed by atoms with Crippen molar-refractivity contribution in [3.8, 4) is 0 Å².